The monoisotopic (exact) mass is 541 g/mol. The zero-order chi connectivity index (χ0) is 29.1. The van der Waals surface area contributed by atoms with Gasteiger partial charge in [0.05, 0.1) is 12.5 Å². The summed E-state index contributed by atoms with van der Waals surface area (Å²) < 4.78 is 0. The molecule has 0 radical (unpaired) electrons. The lowest BCUT2D eigenvalue weighted by Crippen LogP contribution is -2.59. The first-order chi connectivity index (χ1) is 18.4. The predicted molar refractivity (Wildman–Crippen MR) is 142 cm³/mol. The largest absolute Gasteiger partial charge is 0.508 e. The van der Waals surface area contributed by atoms with Crippen molar-refractivity contribution in [1.29, 1.82) is 0 Å². The van der Waals surface area contributed by atoms with Crippen molar-refractivity contribution in [2.75, 3.05) is 0 Å². The van der Waals surface area contributed by atoms with Gasteiger partial charge in [-0.25, -0.2) is 4.79 Å². The average molecular weight is 542 g/mol. The normalized spacial score (nSPS) is 13.9. The number of aromatic hydroxyl groups is 1. The minimum Gasteiger partial charge on any atom is -0.508 e. The molecule has 4 atom stereocenters. The number of carboxylic acids is 1. The number of rotatable bonds is 14. The molecule has 4 unspecified atom stereocenters. The number of hydrogen-bond acceptors (Lipinski definition) is 7. The van der Waals surface area contributed by atoms with Crippen LogP contribution in [0.2, 0.25) is 0 Å². The Hall–Kier alpha value is -4.45. The Labute approximate surface area is 226 Å². The Bertz CT molecular complexity index is 1150. The van der Waals surface area contributed by atoms with Gasteiger partial charge in [0.1, 0.15) is 23.9 Å². The fourth-order valence-corrected chi connectivity index (χ4v) is 3.77. The van der Waals surface area contributed by atoms with Crippen LogP contribution in [0.1, 0.15) is 31.4 Å². The molecule has 4 amide bonds. The Kier molecular flexibility index (Phi) is 11.4. The Morgan fingerprint density at radius 1 is 0.769 bits per heavy atom. The number of hydrogen-bond donors (Lipinski definition) is 7. The molecular weight excluding hydrogens is 506 g/mol. The number of carbonyl (C=O) groups is 5. The lowest BCUT2D eigenvalue weighted by atomic mass is 9.99. The zero-order valence-electron chi connectivity index (χ0n) is 21.8. The molecule has 210 valence electrons. The SMILES string of the molecule is CC(C)C(NC(=O)C(N)Cc1ccc(O)cc1)C(=O)NC(Cc1ccccc1)C(=O)NC(CC(N)=O)C(=O)O. The van der Waals surface area contributed by atoms with Crippen LogP contribution < -0.4 is 27.4 Å². The second-order valence-corrected chi connectivity index (χ2v) is 9.53. The summed E-state index contributed by atoms with van der Waals surface area (Å²) >= 11 is 0. The fraction of sp³-hybridized carbons (Fsp3) is 0.370. The van der Waals surface area contributed by atoms with E-state index in [4.69, 9.17) is 11.5 Å². The molecule has 2 rings (SSSR count). The first-order valence-corrected chi connectivity index (χ1v) is 12.4. The topological polar surface area (TPSA) is 214 Å². The van der Waals surface area contributed by atoms with E-state index < -0.39 is 66.1 Å². The molecular formula is C27H35N5O7. The number of primary amides is 1. The van der Waals surface area contributed by atoms with Gasteiger partial charge in [0.25, 0.3) is 0 Å². The van der Waals surface area contributed by atoms with Crippen molar-refractivity contribution in [2.24, 2.45) is 17.4 Å². The zero-order valence-corrected chi connectivity index (χ0v) is 21.8. The van der Waals surface area contributed by atoms with Gasteiger partial charge in [-0.1, -0.05) is 56.3 Å². The van der Waals surface area contributed by atoms with Gasteiger partial charge >= 0.3 is 5.97 Å². The van der Waals surface area contributed by atoms with Crippen molar-refractivity contribution in [2.45, 2.75) is 57.3 Å². The van der Waals surface area contributed by atoms with Crippen LogP contribution in [-0.2, 0) is 36.8 Å². The number of phenols is 1. The van der Waals surface area contributed by atoms with Crippen LogP contribution in [-0.4, -0.2) is 64.0 Å². The number of nitrogens with two attached hydrogens (primary N) is 2. The maximum atomic E-state index is 13.3. The van der Waals surface area contributed by atoms with E-state index in [2.05, 4.69) is 16.0 Å². The molecule has 0 bridgehead atoms. The highest BCUT2D eigenvalue weighted by Gasteiger charge is 2.32. The Balaban J connectivity index is 2.18. The van der Waals surface area contributed by atoms with Crippen molar-refractivity contribution >= 4 is 29.6 Å². The molecule has 0 saturated carbocycles. The van der Waals surface area contributed by atoms with Crippen LogP contribution in [0.25, 0.3) is 0 Å². The molecule has 2 aromatic carbocycles. The molecule has 9 N–H and O–H groups in total. The molecule has 0 aliphatic rings. The summed E-state index contributed by atoms with van der Waals surface area (Å²) in [7, 11) is 0. The smallest absolute Gasteiger partial charge is 0.326 e. The van der Waals surface area contributed by atoms with Gasteiger partial charge in [0.15, 0.2) is 0 Å². The maximum absolute atomic E-state index is 13.3. The Morgan fingerprint density at radius 3 is 1.87 bits per heavy atom. The molecule has 12 heteroatoms. The summed E-state index contributed by atoms with van der Waals surface area (Å²) in [6.45, 7) is 3.41. The molecule has 0 spiro atoms. The lowest BCUT2D eigenvalue weighted by molar-refractivity contribution is -0.143. The summed E-state index contributed by atoms with van der Waals surface area (Å²) in [5.74, 6) is -4.79. The van der Waals surface area contributed by atoms with Crippen LogP contribution in [0.4, 0.5) is 0 Å². The van der Waals surface area contributed by atoms with Crippen molar-refractivity contribution < 1.29 is 34.2 Å². The number of carboxylic acid groups (broad SMARTS) is 1. The van der Waals surface area contributed by atoms with Gasteiger partial charge < -0.3 is 37.6 Å². The molecule has 0 aliphatic carbocycles. The molecule has 0 aliphatic heterocycles. The number of carbonyl (C=O) groups excluding carboxylic acids is 4. The molecule has 0 saturated heterocycles. The van der Waals surface area contributed by atoms with Gasteiger partial charge in [-0.15, -0.1) is 0 Å². The molecule has 0 fully saturated rings. The molecule has 2 aromatic rings. The molecule has 12 nitrogen and oxygen atoms in total. The number of phenolic OH excluding ortho intramolecular Hbond substituents is 1. The standard InChI is InChI=1S/C27H35N5O7/c1-15(2)23(32-24(35)19(28)12-17-8-10-18(33)11-9-17)26(37)30-20(13-16-6-4-3-5-7-16)25(36)31-21(27(38)39)14-22(29)34/h3-11,15,19-21,23,33H,12-14,28H2,1-2H3,(H2,29,34)(H,30,37)(H,31,36)(H,32,35)(H,38,39). The van der Waals surface area contributed by atoms with Gasteiger partial charge in [0.2, 0.25) is 23.6 Å². The van der Waals surface area contributed by atoms with E-state index in [0.717, 1.165) is 0 Å². The number of aliphatic carboxylic acids is 1. The minimum atomic E-state index is -1.58. The maximum Gasteiger partial charge on any atom is 0.326 e. The fourth-order valence-electron chi connectivity index (χ4n) is 3.77. The molecule has 39 heavy (non-hydrogen) atoms. The van der Waals surface area contributed by atoms with Gasteiger partial charge in [-0.3, -0.25) is 19.2 Å². The quantitative estimate of drug-likeness (QED) is 0.166. The van der Waals surface area contributed by atoms with Crippen molar-refractivity contribution in [3.63, 3.8) is 0 Å². The van der Waals surface area contributed by atoms with E-state index in [0.29, 0.717) is 11.1 Å². The summed E-state index contributed by atoms with van der Waals surface area (Å²) in [5, 5.41) is 26.3. The summed E-state index contributed by atoms with van der Waals surface area (Å²) in [4.78, 5) is 61.9. The Morgan fingerprint density at radius 2 is 1.33 bits per heavy atom. The van der Waals surface area contributed by atoms with Gasteiger partial charge in [0, 0.05) is 6.42 Å². The van der Waals surface area contributed by atoms with E-state index in [-0.39, 0.29) is 18.6 Å². The van der Waals surface area contributed by atoms with Crippen LogP contribution in [0.3, 0.4) is 0 Å². The summed E-state index contributed by atoms with van der Waals surface area (Å²) in [6.07, 6.45) is -0.453. The van der Waals surface area contributed by atoms with E-state index in [1.54, 1.807) is 56.3 Å². The first kappa shape index (κ1) is 30.8. The van der Waals surface area contributed by atoms with Crippen LogP contribution in [0, 0.1) is 5.92 Å². The third-order valence-electron chi connectivity index (χ3n) is 5.91. The van der Waals surface area contributed by atoms with Gasteiger partial charge in [-0.2, -0.15) is 0 Å². The first-order valence-electron chi connectivity index (χ1n) is 12.4. The molecule has 0 aromatic heterocycles. The number of benzene rings is 2. The second kappa shape index (κ2) is 14.5. The highest BCUT2D eigenvalue weighted by Crippen LogP contribution is 2.12. The molecule has 0 heterocycles. The summed E-state index contributed by atoms with van der Waals surface area (Å²) in [6, 6.07) is 10.1. The number of amides is 4. The van der Waals surface area contributed by atoms with E-state index in [9.17, 15) is 34.2 Å². The second-order valence-electron chi connectivity index (χ2n) is 9.53. The predicted octanol–water partition coefficient (Wildman–Crippen LogP) is -0.425. The van der Waals surface area contributed by atoms with Gasteiger partial charge in [-0.05, 0) is 35.6 Å². The van der Waals surface area contributed by atoms with Crippen molar-refractivity contribution in [3.05, 3.63) is 65.7 Å². The van der Waals surface area contributed by atoms with E-state index in [1.165, 1.54) is 12.1 Å². The van der Waals surface area contributed by atoms with Crippen LogP contribution >= 0.6 is 0 Å². The van der Waals surface area contributed by atoms with Crippen molar-refractivity contribution in [3.8, 4) is 5.75 Å². The third kappa shape index (κ3) is 10.1. The highest BCUT2D eigenvalue weighted by atomic mass is 16.4. The van der Waals surface area contributed by atoms with E-state index >= 15 is 0 Å². The summed E-state index contributed by atoms with van der Waals surface area (Å²) in [5.41, 5.74) is 12.5. The van der Waals surface area contributed by atoms with E-state index in [1.807, 2.05) is 0 Å². The average Bonchev–Trinajstić information content (AvgIpc) is 2.87. The lowest BCUT2D eigenvalue weighted by Gasteiger charge is -2.27. The van der Waals surface area contributed by atoms with Crippen molar-refractivity contribution in [1.82, 2.24) is 16.0 Å². The van der Waals surface area contributed by atoms with Crippen LogP contribution in [0.5, 0.6) is 5.75 Å². The third-order valence-corrected chi connectivity index (χ3v) is 5.91. The highest BCUT2D eigenvalue weighted by molar-refractivity contribution is 5.95. The number of nitrogens with one attached hydrogen (secondary N) is 3. The minimum absolute atomic E-state index is 0.0143. The van der Waals surface area contributed by atoms with Crippen LogP contribution in [0.15, 0.2) is 54.6 Å².